The lowest BCUT2D eigenvalue weighted by Crippen LogP contribution is -2.36. The van der Waals surface area contributed by atoms with Crippen molar-refractivity contribution in [2.75, 3.05) is 27.2 Å². The zero-order valence-corrected chi connectivity index (χ0v) is 11.7. The van der Waals surface area contributed by atoms with Crippen LogP contribution in [0.2, 0.25) is 0 Å². The van der Waals surface area contributed by atoms with Crippen LogP contribution in [0.3, 0.4) is 0 Å². The van der Waals surface area contributed by atoms with Gasteiger partial charge in [-0.2, -0.15) is 0 Å². The molecule has 1 aliphatic carbocycles. The van der Waals surface area contributed by atoms with E-state index < -0.39 is 0 Å². The molecule has 0 heterocycles. The first kappa shape index (κ1) is 14.5. The van der Waals surface area contributed by atoms with Gasteiger partial charge in [0.1, 0.15) is 0 Å². The molecular weight excluding hydrogens is 212 g/mol. The Morgan fingerprint density at radius 2 is 2.00 bits per heavy atom. The molecule has 1 N–H and O–H groups in total. The summed E-state index contributed by atoms with van der Waals surface area (Å²) >= 11 is 0. The SMILES string of the molecule is CNCCN(C)C(=O)C(C)CC1CCCCC1. The van der Waals surface area contributed by atoms with Crippen LogP contribution in [-0.2, 0) is 4.79 Å². The molecule has 1 fully saturated rings. The van der Waals surface area contributed by atoms with Gasteiger partial charge in [-0.15, -0.1) is 0 Å². The van der Waals surface area contributed by atoms with E-state index in [0.29, 0.717) is 5.91 Å². The Kier molecular flexibility index (Phi) is 6.56. The summed E-state index contributed by atoms with van der Waals surface area (Å²) in [6.07, 6.45) is 7.86. The number of carbonyl (C=O) groups excluding carboxylic acids is 1. The van der Waals surface area contributed by atoms with Gasteiger partial charge in [-0.25, -0.2) is 0 Å². The molecule has 0 aromatic carbocycles. The van der Waals surface area contributed by atoms with Gasteiger partial charge in [0.05, 0.1) is 0 Å². The van der Waals surface area contributed by atoms with Gasteiger partial charge in [-0.05, 0) is 19.4 Å². The Morgan fingerprint density at radius 3 is 2.59 bits per heavy atom. The van der Waals surface area contributed by atoms with Gasteiger partial charge < -0.3 is 10.2 Å². The monoisotopic (exact) mass is 240 g/mol. The molecule has 0 aromatic heterocycles. The fourth-order valence-electron chi connectivity index (χ4n) is 2.79. The van der Waals surface area contributed by atoms with Crippen LogP contribution >= 0.6 is 0 Å². The van der Waals surface area contributed by atoms with Crippen LogP contribution in [0.25, 0.3) is 0 Å². The van der Waals surface area contributed by atoms with E-state index in [0.717, 1.165) is 25.4 Å². The Morgan fingerprint density at radius 1 is 1.35 bits per heavy atom. The standard InChI is InChI=1S/C14H28N2O/c1-12(11-13-7-5-4-6-8-13)14(17)16(3)10-9-15-2/h12-13,15H,4-11H2,1-3H3. The molecule has 0 aliphatic heterocycles. The second-order valence-electron chi connectivity index (χ2n) is 5.50. The smallest absolute Gasteiger partial charge is 0.225 e. The molecule has 1 unspecified atom stereocenters. The van der Waals surface area contributed by atoms with Crippen molar-refractivity contribution in [2.45, 2.75) is 45.4 Å². The minimum absolute atomic E-state index is 0.194. The normalized spacial score (nSPS) is 19.0. The predicted molar refractivity (Wildman–Crippen MR) is 71.9 cm³/mol. The summed E-state index contributed by atoms with van der Waals surface area (Å²) in [5.74, 6) is 1.30. The van der Waals surface area contributed by atoms with Gasteiger partial charge in [-0.3, -0.25) is 4.79 Å². The van der Waals surface area contributed by atoms with E-state index in [1.807, 2.05) is 19.0 Å². The van der Waals surface area contributed by atoms with E-state index in [-0.39, 0.29) is 5.92 Å². The predicted octanol–water partition coefficient (Wildman–Crippen LogP) is 2.27. The van der Waals surface area contributed by atoms with E-state index in [1.165, 1.54) is 32.1 Å². The second kappa shape index (κ2) is 7.70. The molecule has 1 amide bonds. The lowest BCUT2D eigenvalue weighted by atomic mass is 9.83. The van der Waals surface area contributed by atoms with Gasteiger partial charge in [0.25, 0.3) is 0 Å². The van der Waals surface area contributed by atoms with Crippen molar-refractivity contribution in [3.05, 3.63) is 0 Å². The lowest BCUT2D eigenvalue weighted by Gasteiger charge is -2.27. The third-order valence-electron chi connectivity index (χ3n) is 3.91. The van der Waals surface area contributed by atoms with E-state index in [4.69, 9.17) is 0 Å². The number of nitrogens with one attached hydrogen (secondary N) is 1. The third-order valence-corrected chi connectivity index (χ3v) is 3.91. The van der Waals surface area contributed by atoms with Gasteiger partial charge in [0.2, 0.25) is 5.91 Å². The molecule has 1 atom stereocenters. The Bertz CT molecular complexity index is 224. The van der Waals surface area contributed by atoms with Crippen LogP contribution < -0.4 is 5.32 Å². The molecular formula is C14H28N2O. The zero-order chi connectivity index (χ0) is 12.7. The number of carbonyl (C=O) groups is 1. The fourth-order valence-corrected chi connectivity index (χ4v) is 2.79. The quantitative estimate of drug-likeness (QED) is 0.772. The van der Waals surface area contributed by atoms with Crippen LogP contribution in [0.1, 0.15) is 45.4 Å². The summed E-state index contributed by atoms with van der Waals surface area (Å²) in [7, 11) is 3.83. The summed E-state index contributed by atoms with van der Waals surface area (Å²) in [6, 6.07) is 0. The highest BCUT2D eigenvalue weighted by molar-refractivity contribution is 5.78. The maximum atomic E-state index is 12.1. The number of rotatable bonds is 6. The summed E-state index contributed by atoms with van der Waals surface area (Å²) in [4.78, 5) is 14.0. The molecule has 100 valence electrons. The second-order valence-corrected chi connectivity index (χ2v) is 5.50. The van der Waals surface area contributed by atoms with Gasteiger partial charge >= 0.3 is 0 Å². The fraction of sp³-hybridized carbons (Fsp3) is 0.929. The Hall–Kier alpha value is -0.570. The molecule has 0 radical (unpaired) electrons. The molecule has 3 nitrogen and oxygen atoms in total. The molecule has 3 heteroatoms. The minimum atomic E-state index is 0.194. The first-order chi connectivity index (χ1) is 8.15. The minimum Gasteiger partial charge on any atom is -0.344 e. The van der Waals surface area contributed by atoms with Gasteiger partial charge in [0.15, 0.2) is 0 Å². The van der Waals surface area contributed by atoms with Crippen molar-refractivity contribution >= 4 is 5.91 Å². The molecule has 0 saturated heterocycles. The molecule has 1 rings (SSSR count). The molecule has 0 aromatic rings. The first-order valence-corrected chi connectivity index (χ1v) is 7.04. The number of amides is 1. The van der Waals surface area contributed by atoms with Crippen LogP contribution in [0.15, 0.2) is 0 Å². The number of nitrogens with zero attached hydrogens (tertiary/aromatic N) is 1. The highest BCUT2D eigenvalue weighted by Crippen LogP contribution is 2.29. The average molecular weight is 240 g/mol. The van der Waals surface area contributed by atoms with Gasteiger partial charge in [0, 0.05) is 26.1 Å². The van der Waals surface area contributed by atoms with Crippen molar-refractivity contribution < 1.29 is 4.79 Å². The summed E-state index contributed by atoms with van der Waals surface area (Å²) < 4.78 is 0. The molecule has 0 bridgehead atoms. The van der Waals surface area contributed by atoms with Crippen LogP contribution in [0.5, 0.6) is 0 Å². The summed E-state index contributed by atoms with van der Waals surface area (Å²) in [5, 5.41) is 3.08. The van der Waals surface area contributed by atoms with Crippen molar-refractivity contribution in [1.29, 1.82) is 0 Å². The topological polar surface area (TPSA) is 32.3 Å². The molecule has 0 spiro atoms. The first-order valence-electron chi connectivity index (χ1n) is 7.04. The maximum absolute atomic E-state index is 12.1. The number of likely N-dealkylation sites (N-methyl/N-ethyl adjacent to an activating group) is 2. The third kappa shape index (κ3) is 5.07. The largest absolute Gasteiger partial charge is 0.344 e. The van der Waals surface area contributed by atoms with Crippen molar-refractivity contribution in [3.8, 4) is 0 Å². The van der Waals surface area contributed by atoms with Crippen molar-refractivity contribution in [1.82, 2.24) is 10.2 Å². The highest BCUT2D eigenvalue weighted by atomic mass is 16.2. The van der Waals surface area contributed by atoms with Crippen molar-refractivity contribution in [3.63, 3.8) is 0 Å². The zero-order valence-electron chi connectivity index (χ0n) is 11.7. The number of hydrogen-bond acceptors (Lipinski definition) is 2. The maximum Gasteiger partial charge on any atom is 0.225 e. The summed E-state index contributed by atoms with van der Waals surface area (Å²) in [6.45, 7) is 3.77. The molecule has 17 heavy (non-hydrogen) atoms. The van der Waals surface area contributed by atoms with Crippen molar-refractivity contribution in [2.24, 2.45) is 11.8 Å². The van der Waals surface area contributed by atoms with E-state index in [1.54, 1.807) is 0 Å². The van der Waals surface area contributed by atoms with Crippen LogP contribution in [-0.4, -0.2) is 38.0 Å². The molecule has 1 saturated carbocycles. The van der Waals surface area contributed by atoms with Crippen LogP contribution in [0, 0.1) is 11.8 Å². The van der Waals surface area contributed by atoms with E-state index in [9.17, 15) is 4.79 Å². The summed E-state index contributed by atoms with van der Waals surface area (Å²) in [5.41, 5.74) is 0. The highest BCUT2D eigenvalue weighted by Gasteiger charge is 2.22. The Labute approximate surface area is 106 Å². The van der Waals surface area contributed by atoms with E-state index >= 15 is 0 Å². The number of hydrogen-bond donors (Lipinski definition) is 1. The molecule has 1 aliphatic rings. The van der Waals surface area contributed by atoms with Gasteiger partial charge in [-0.1, -0.05) is 39.0 Å². The Balaban J connectivity index is 2.29. The van der Waals surface area contributed by atoms with E-state index in [2.05, 4.69) is 12.2 Å². The lowest BCUT2D eigenvalue weighted by molar-refractivity contribution is -0.134. The van der Waals surface area contributed by atoms with Crippen LogP contribution in [0.4, 0.5) is 0 Å². The average Bonchev–Trinajstić information content (AvgIpc) is 2.36.